The van der Waals surface area contributed by atoms with E-state index >= 15 is 0 Å². The maximum absolute atomic E-state index is 11.5. The molecule has 1 saturated heterocycles. The summed E-state index contributed by atoms with van der Waals surface area (Å²) in [5.41, 5.74) is 8.26. The molecular weight excluding hydrogens is 330 g/mol. The van der Waals surface area contributed by atoms with Gasteiger partial charge in [-0.1, -0.05) is 37.3 Å². The number of hydrogen-bond acceptors (Lipinski definition) is 6. The van der Waals surface area contributed by atoms with E-state index in [9.17, 15) is 10.1 Å². The van der Waals surface area contributed by atoms with E-state index in [1.165, 1.54) is 5.56 Å². The van der Waals surface area contributed by atoms with Crippen molar-refractivity contribution in [2.45, 2.75) is 25.8 Å². The number of rotatable bonds is 5. The van der Waals surface area contributed by atoms with Crippen LogP contribution in [0, 0.1) is 16.0 Å². The monoisotopic (exact) mass is 355 g/mol. The molecule has 0 spiro atoms. The predicted molar refractivity (Wildman–Crippen MR) is 103 cm³/mol. The van der Waals surface area contributed by atoms with Crippen LogP contribution in [-0.4, -0.2) is 34.9 Å². The number of nitro groups is 1. The minimum absolute atomic E-state index is 0.0484. The molecule has 0 radical (unpaired) electrons. The molecule has 1 aromatic carbocycles. The second-order valence-corrected chi connectivity index (χ2v) is 6.92. The van der Waals surface area contributed by atoms with Crippen molar-refractivity contribution in [2.75, 3.05) is 31.2 Å². The largest absolute Gasteiger partial charge is 0.382 e. The van der Waals surface area contributed by atoms with Crippen LogP contribution in [0.1, 0.15) is 30.4 Å². The van der Waals surface area contributed by atoms with Gasteiger partial charge in [0.15, 0.2) is 0 Å². The van der Waals surface area contributed by atoms with Crippen molar-refractivity contribution >= 4 is 17.2 Å². The van der Waals surface area contributed by atoms with Gasteiger partial charge in [-0.3, -0.25) is 15.0 Å². The second kappa shape index (κ2) is 7.70. The molecule has 0 bridgehead atoms. The third kappa shape index (κ3) is 3.62. The zero-order valence-electron chi connectivity index (χ0n) is 15.2. The Morgan fingerprint density at radius 2 is 2.12 bits per heavy atom. The van der Waals surface area contributed by atoms with Gasteiger partial charge >= 0.3 is 5.69 Å². The van der Waals surface area contributed by atoms with Crippen LogP contribution in [0.4, 0.5) is 17.2 Å². The molecule has 0 amide bonds. The summed E-state index contributed by atoms with van der Waals surface area (Å²) in [5.74, 6) is 0.536. The van der Waals surface area contributed by atoms with E-state index in [-0.39, 0.29) is 17.4 Å². The summed E-state index contributed by atoms with van der Waals surface area (Å²) in [6.45, 7) is 4.94. The molecule has 0 unspecified atom stereocenters. The molecule has 3 N–H and O–H groups in total. The first-order valence-electron chi connectivity index (χ1n) is 8.88. The lowest BCUT2D eigenvalue weighted by molar-refractivity contribution is -0.383. The molecule has 2 atom stereocenters. The van der Waals surface area contributed by atoms with Crippen LogP contribution < -0.4 is 11.1 Å². The Kier molecular flexibility index (Phi) is 5.37. The molecule has 1 aliphatic rings. The maximum Gasteiger partial charge on any atom is 0.334 e. The molecule has 7 heteroatoms. The number of anilines is 2. The van der Waals surface area contributed by atoms with Crippen molar-refractivity contribution in [3.05, 3.63) is 57.8 Å². The van der Waals surface area contributed by atoms with Crippen molar-refractivity contribution in [1.82, 2.24) is 9.88 Å². The molecule has 1 fully saturated rings. The van der Waals surface area contributed by atoms with Crippen molar-refractivity contribution in [1.29, 1.82) is 0 Å². The molecule has 1 aromatic heterocycles. The second-order valence-electron chi connectivity index (χ2n) is 6.92. The molecule has 2 aromatic rings. The standard InChI is InChI=1S/C19H25N5O2/c1-13-8-9-23(11-14-6-4-3-5-7-14)12-16(13)15-10-22-19(20)18(24(25)26)17(15)21-2/h3-7,10,13,16H,8-9,11-12H2,1-2H3,(H3,20,21,22)/t13-,16-/m1/s1. The van der Waals surface area contributed by atoms with Crippen LogP contribution in [0.5, 0.6) is 0 Å². The van der Waals surface area contributed by atoms with E-state index in [0.717, 1.165) is 31.6 Å². The fraction of sp³-hybridized carbons (Fsp3) is 0.421. The molecular formula is C19H25N5O2. The third-order valence-corrected chi connectivity index (χ3v) is 5.23. The van der Waals surface area contributed by atoms with E-state index in [2.05, 4.69) is 34.3 Å². The fourth-order valence-corrected chi connectivity index (χ4v) is 3.79. The number of nitrogens with one attached hydrogen (secondary N) is 1. The van der Waals surface area contributed by atoms with Gasteiger partial charge in [0.2, 0.25) is 5.82 Å². The minimum atomic E-state index is -0.451. The maximum atomic E-state index is 11.5. The van der Waals surface area contributed by atoms with Gasteiger partial charge in [-0.15, -0.1) is 0 Å². The number of hydrogen-bond donors (Lipinski definition) is 2. The third-order valence-electron chi connectivity index (χ3n) is 5.23. The summed E-state index contributed by atoms with van der Waals surface area (Å²) in [6, 6.07) is 10.4. The molecule has 26 heavy (non-hydrogen) atoms. The lowest BCUT2D eigenvalue weighted by Crippen LogP contribution is -2.38. The van der Waals surface area contributed by atoms with Crippen molar-refractivity contribution in [3.63, 3.8) is 0 Å². The summed E-state index contributed by atoms with van der Waals surface area (Å²) in [4.78, 5) is 17.5. The van der Waals surface area contributed by atoms with E-state index in [1.54, 1.807) is 13.2 Å². The number of likely N-dealkylation sites (tertiary alicyclic amines) is 1. The molecule has 0 saturated carbocycles. The van der Waals surface area contributed by atoms with Crippen LogP contribution in [0.15, 0.2) is 36.5 Å². The summed E-state index contributed by atoms with van der Waals surface area (Å²) in [7, 11) is 1.69. The van der Waals surface area contributed by atoms with Gasteiger partial charge in [0, 0.05) is 37.8 Å². The van der Waals surface area contributed by atoms with E-state index in [4.69, 9.17) is 5.73 Å². The average molecular weight is 355 g/mol. The Morgan fingerprint density at radius 1 is 1.38 bits per heavy atom. The van der Waals surface area contributed by atoms with E-state index in [0.29, 0.717) is 11.6 Å². The van der Waals surface area contributed by atoms with Crippen molar-refractivity contribution in [2.24, 2.45) is 5.92 Å². The van der Waals surface area contributed by atoms with Crippen LogP contribution in [0.3, 0.4) is 0 Å². The number of pyridine rings is 1. The molecule has 7 nitrogen and oxygen atoms in total. The highest BCUT2D eigenvalue weighted by Gasteiger charge is 2.33. The Hall–Kier alpha value is -2.67. The summed E-state index contributed by atoms with van der Waals surface area (Å²) < 4.78 is 0. The van der Waals surface area contributed by atoms with Gasteiger partial charge in [0.05, 0.1) is 4.92 Å². The quantitative estimate of drug-likeness (QED) is 0.631. The number of nitrogens with zero attached hydrogens (tertiary/aromatic N) is 3. The topological polar surface area (TPSA) is 97.3 Å². The zero-order valence-corrected chi connectivity index (χ0v) is 15.2. The highest BCUT2D eigenvalue weighted by atomic mass is 16.6. The van der Waals surface area contributed by atoms with Crippen LogP contribution in [-0.2, 0) is 6.54 Å². The number of nitrogens with two attached hydrogens (primary N) is 1. The van der Waals surface area contributed by atoms with Gasteiger partial charge < -0.3 is 11.1 Å². The Morgan fingerprint density at radius 3 is 2.77 bits per heavy atom. The number of piperidine rings is 1. The van der Waals surface area contributed by atoms with Crippen molar-refractivity contribution < 1.29 is 4.92 Å². The SMILES string of the molecule is CNc1c([C@@H]2CN(Cc3ccccc3)CC[C@H]2C)cnc(N)c1[N+](=O)[O-]. The smallest absolute Gasteiger partial charge is 0.334 e. The van der Waals surface area contributed by atoms with Gasteiger partial charge in [0.1, 0.15) is 5.69 Å². The van der Waals surface area contributed by atoms with Crippen LogP contribution >= 0.6 is 0 Å². The summed E-state index contributed by atoms with van der Waals surface area (Å²) in [5, 5.41) is 14.4. The highest BCUT2D eigenvalue weighted by Crippen LogP contribution is 2.41. The Labute approximate surface area is 153 Å². The molecule has 3 rings (SSSR count). The lowest BCUT2D eigenvalue weighted by atomic mass is 9.81. The van der Waals surface area contributed by atoms with Crippen LogP contribution in [0.25, 0.3) is 0 Å². The minimum Gasteiger partial charge on any atom is -0.382 e. The highest BCUT2D eigenvalue weighted by molar-refractivity contribution is 5.75. The zero-order chi connectivity index (χ0) is 18.7. The first-order chi connectivity index (χ1) is 12.5. The molecule has 138 valence electrons. The number of nitrogen functional groups attached to an aromatic ring is 1. The summed E-state index contributed by atoms with van der Waals surface area (Å²) in [6.07, 6.45) is 2.74. The molecule has 1 aliphatic heterocycles. The summed E-state index contributed by atoms with van der Waals surface area (Å²) >= 11 is 0. The lowest BCUT2D eigenvalue weighted by Gasteiger charge is -2.38. The van der Waals surface area contributed by atoms with Gasteiger partial charge in [-0.25, -0.2) is 4.98 Å². The molecule has 2 heterocycles. The van der Waals surface area contributed by atoms with Gasteiger partial charge in [-0.05, 0) is 24.4 Å². The normalized spacial score (nSPS) is 20.7. The Bertz CT molecular complexity index is 781. The molecule has 0 aliphatic carbocycles. The first kappa shape index (κ1) is 18.1. The number of benzene rings is 1. The van der Waals surface area contributed by atoms with Gasteiger partial charge in [-0.2, -0.15) is 0 Å². The van der Waals surface area contributed by atoms with Gasteiger partial charge in [0.25, 0.3) is 0 Å². The van der Waals surface area contributed by atoms with Crippen LogP contribution in [0.2, 0.25) is 0 Å². The van der Waals surface area contributed by atoms with E-state index < -0.39 is 4.92 Å². The fourth-order valence-electron chi connectivity index (χ4n) is 3.79. The first-order valence-corrected chi connectivity index (χ1v) is 8.88. The predicted octanol–water partition coefficient (Wildman–Crippen LogP) is 3.24. The Balaban J connectivity index is 1.89. The number of aromatic nitrogens is 1. The van der Waals surface area contributed by atoms with Crippen molar-refractivity contribution in [3.8, 4) is 0 Å². The average Bonchev–Trinajstić information content (AvgIpc) is 2.63. The van der Waals surface area contributed by atoms with E-state index in [1.807, 2.05) is 18.2 Å².